The Morgan fingerprint density at radius 1 is 1.19 bits per heavy atom. The molecule has 1 saturated heterocycles. The molecule has 1 aliphatic carbocycles. The number of ether oxygens (including phenoxy) is 1. The fourth-order valence-electron chi connectivity index (χ4n) is 4.24. The minimum atomic E-state index is -4.73. The number of hydrogen-bond acceptors (Lipinski definition) is 8. The maximum Gasteiger partial charge on any atom is 0.452 e. The van der Waals surface area contributed by atoms with Gasteiger partial charge in [-0.05, 0) is 36.2 Å². The first-order valence-electron chi connectivity index (χ1n) is 10.8. The van der Waals surface area contributed by atoms with Crippen LogP contribution >= 0.6 is 11.3 Å². The summed E-state index contributed by atoms with van der Waals surface area (Å²) in [5.74, 6) is -3.20. The van der Waals surface area contributed by atoms with E-state index in [4.69, 9.17) is 4.74 Å². The number of benzene rings is 1. The lowest BCUT2D eigenvalue weighted by atomic mass is 10.1. The quantitative estimate of drug-likeness (QED) is 0.464. The van der Waals surface area contributed by atoms with Gasteiger partial charge >= 0.3 is 12.1 Å². The Bertz CT molecular complexity index is 1400. The number of nitrogens with one attached hydrogen (secondary N) is 1. The number of carboxylic acid groups (broad SMARTS) is 1. The average molecular weight is 544 g/mol. The molecule has 2 fully saturated rings. The molecule has 1 saturated carbocycles. The van der Waals surface area contributed by atoms with E-state index < -0.39 is 39.4 Å². The zero-order valence-electron chi connectivity index (χ0n) is 18.5. The molecule has 2 N–H and O–H groups in total. The van der Waals surface area contributed by atoms with Crippen molar-refractivity contribution in [3.63, 3.8) is 0 Å². The second-order valence-electron chi connectivity index (χ2n) is 8.53. The van der Waals surface area contributed by atoms with Crippen molar-refractivity contribution in [2.45, 2.75) is 28.3 Å². The second-order valence-corrected chi connectivity index (χ2v) is 11.5. The van der Waals surface area contributed by atoms with Crippen molar-refractivity contribution in [1.82, 2.24) is 9.88 Å². The Kier molecular flexibility index (Phi) is 6.09. The van der Waals surface area contributed by atoms with Crippen LogP contribution in [0.2, 0.25) is 0 Å². The maximum absolute atomic E-state index is 13.1. The van der Waals surface area contributed by atoms with Crippen LogP contribution < -0.4 is 9.62 Å². The molecule has 3 heterocycles. The molecule has 192 valence electrons. The third-order valence-electron chi connectivity index (χ3n) is 6.20. The number of thiophene rings is 1. The fraction of sp³-hybridized carbons (Fsp3) is 0.364. The van der Waals surface area contributed by atoms with Gasteiger partial charge in [-0.1, -0.05) is 17.3 Å². The summed E-state index contributed by atoms with van der Waals surface area (Å²) < 4.78 is 76.3. The molecule has 0 bridgehead atoms. The van der Waals surface area contributed by atoms with Crippen LogP contribution in [0.1, 0.15) is 23.7 Å². The summed E-state index contributed by atoms with van der Waals surface area (Å²) in [4.78, 5) is 14.5. The van der Waals surface area contributed by atoms with Crippen molar-refractivity contribution in [1.29, 1.82) is 0 Å². The Balaban J connectivity index is 1.36. The lowest BCUT2D eigenvalue weighted by Crippen LogP contribution is -2.44. The molecule has 1 aliphatic heterocycles. The molecule has 0 amide bonds. The molecule has 2 aliphatic rings. The van der Waals surface area contributed by atoms with Gasteiger partial charge in [-0.3, -0.25) is 4.79 Å². The number of carbonyl (C=O) groups is 1. The maximum atomic E-state index is 13.1. The lowest BCUT2D eigenvalue weighted by Gasteiger charge is -2.29. The van der Waals surface area contributed by atoms with Gasteiger partial charge in [0, 0.05) is 30.8 Å². The van der Waals surface area contributed by atoms with Crippen LogP contribution in [0, 0.1) is 0 Å². The van der Waals surface area contributed by atoms with E-state index in [-0.39, 0.29) is 21.2 Å². The molecule has 3 aromatic rings. The van der Waals surface area contributed by atoms with Gasteiger partial charge in [0.1, 0.15) is 15.4 Å². The van der Waals surface area contributed by atoms with Gasteiger partial charge in [-0.15, -0.1) is 11.3 Å². The van der Waals surface area contributed by atoms with Crippen molar-refractivity contribution in [2.24, 2.45) is 0 Å². The fourth-order valence-corrected chi connectivity index (χ4v) is 6.90. The van der Waals surface area contributed by atoms with E-state index in [0.29, 0.717) is 49.3 Å². The highest BCUT2D eigenvalue weighted by Gasteiger charge is 2.63. The highest BCUT2D eigenvalue weighted by atomic mass is 32.2. The topological polar surface area (TPSA) is 122 Å². The SMILES string of the molecule is O=C(O)C1(NS(=O)(=O)c2ccc(-c3cc(C(F)(F)F)on3)s2)CC1c1cccc(N2CCOCC2)c1. The number of carboxylic acids is 1. The average Bonchev–Trinajstić information content (AvgIpc) is 3.20. The molecule has 14 heteroatoms. The molecule has 5 rings (SSSR count). The first-order valence-corrected chi connectivity index (χ1v) is 13.1. The number of halogens is 3. The highest BCUT2D eigenvalue weighted by molar-refractivity contribution is 7.91. The van der Waals surface area contributed by atoms with Crippen LogP contribution in [0.25, 0.3) is 10.6 Å². The van der Waals surface area contributed by atoms with Crippen molar-refractivity contribution < 1.29 is 40.8 Å². The van der Waals surface area contributed by atoms with E-state index in [1.165, 1.54) is 12.1 Å². The largest absolute Gasteiger partial charge is 0.480 e. The molecular weight excluding hydrogens is 523 g/mol. The van der Waals surface area contributed by atoms with E-state index in [0.717, 1.165) is 5.69 Å². The molecule has 0 spiro atoms. The minimum absolute atomic E-state index is 0.0601. The summed E-state index contributed by atoms with van der Waals surface area (Å²) in [7, 11) is -4.30. The number of morpholine rings is 1. The number of aromatic nitrogens is 1. The molecular formula is C22H20F3N3O6S2. The monoisotopic (exact) mass is 543 g/mol. The van der Waals surface area contributed by atoms with Crippen LogP contribution in [-0.4, -0.2) is 56.5 Å². The van der Waals surface area contributed by atoms with Gasteiger partial charge in [0.05, 0.1) is 18.1 Å². The van der Waals surface area contributed by atoms with Gasteiger partial charge in [-0.25, -0.2) is 8.42 Å². The minimum Gasteiger partial charge on any atom is -0.480 e. The summed E-state index contributed by atoms with van der Waals surface area (Å²) in [6.45, 7) is 2.56. The Labute approximate surface area is 207 Å². The zero-order valence-corrected chi connectivity index (χ0v) is 20.1. The standard InChI is InChI=1S/C22H20F3N3O6S2/c23-22(24,25)18-11-16(26-34-18)17-4-5-19(35-17)36(31,32)27-21(20(29)30)12-15(21)13-2-1-3-14(10-13)28-6-8-33-9-7-28/h1-5,10-11,15,27H,6-9,12H2,(H,29,30). The number of alkyl halides is 3. The molecule has 2 aromatic heterocycles. The van der Waals surface area contributed by atoms with E-state index in [1.54, 1.807) is 12.1 Å². The summed E-state index contributed by atoms with van der Waals surface area (Å²) in [5, 5.41) is 13.3. The summed E-state index contributed by atoms with van der Waals surface area (Å²) in [6.07, 6.45) is -4.67. The first kappa shape index (κ1) is 24.7. The van der Waals surface area contributed by atoms with Gasteiger partial charge in [-0.2, -0.15) is 17.9 Å². The van der Waals surface area contributed by atoms with E-state index >= 15 is 0 Å². The third-order valence-corrected chi connectivity index (χ3v) is 9.31. The van der Waals surface area contributed by atoms with Crippen molar-refractivity contribution >= 4 is 33.0 Å². The van der Waals surface area contributed by atoms with Crippen LogP contribution in [0.5, 0.6) is 0 Å². The first-order chi connectivity index (χ1) is 17.0. The number of aliphatic carboxylic acids is 1. The number of sulfonamides is 1. The predicted molar refractivity (Wildman–Crippen MR) is 122 cm³/mol. The van der Waals surface area contributed by atoms with Crippen LogP contribution in [0.15, 0.2) is 51.2 Å². The Hall–Kier alpha value is -2.94. The number of rotatable bonds is 7. The van der Waals surface area contributed by atoms with E-state index in [1.807, 2.05) is 12.1 Å². The predicted octanol–water partition coefficient (Wildman–Crippen LogP) is 3.55. The zero-order chi connectivity index (χ0) is 25.7. The Morgan fingerprint density at radius 2 is 1.94 bits per heavy atom. The van der Waals surface area contributed by atoms with E-state index in [9.17, 15) is 31.5 Å². The molecule has 1 aromatic carbocycles. The van der Waals surface area contributed by atoms with Gasteiger partial charge in [0.25, 0.3) is 10.0 Å². The molecule has 2 unspecified atom stereocenters. The summed E-state index contributed by atoms with van der Waals surface area (Å²) in [5.41, 5.74) is -0.313. The van der Waals surface area contributed by atoms with Crippen LogP contribution in [0.4, 0.5) is 18.9 Å². The Morgan fingerprint density at radius 3 is 2.61 bits per heavy atom. The molecule has 9 nitrogen and oxygen atoms in total. The van der Waals surface area contributed by atoms with Gasteiger partial charge in [0.2, 0.25) is 5.76 Å². The van der Waals surface area contributed by atoms with Crippen molar-refractivity contribution in [3.05, 3.63) is 53.8 Å². The van der Waals surface area contributed by atoms with Crippen molar-refractivity contribution in [2.75, 3.05) is 31.2 Å². The lowest BCUT2D eigenvalue weighted by molar-refractivity contribution is -0.155. The number of anilines is 1. The van der Waals surface area contributed by atoms with Gasteiger partial charge in [0.15, 0.2) is 0 Å². The summed E-state index contributed by atoms with van der Waals surface area (Å²) >= 11 is 0.664. The molecule has 2 atom stereocenters. The molecule has 36 heavy (non-hydrogen) atoms. The third kappa shape index (κ3) is 4.61. The normalized spacial score (nSPS) is 22.5. The number of hydrogen-bond donors (Lipinski definition) is 2. The van der Waals surface area contributed by atoms with Crippen LogP contribution in [0.3, 0.4) is 0 Å². The van der Waals surface area contributed by atoms with E-state index in [2.05, 4.69) is 19.3 Å². The van der Waals surface area contributed by atoms with Crippen LogP contribution in [-0.2, 0) is 25.7 Å². The summed E-state index contributed by atoms with van der Waals surface area (Å²) in [6, 6.07) is 10.5. The smallest absolute Gasteiger partial charge is 0.452 e. The second kappa shape index (κ2) is 8.87. The van der Waals surface area contributed by atoms with Crippen molar-refractivity contribution in [3.8, 4) is 10.6 Å². The highest BCUT2D eigenvalue weighted by Crippen LogP contribution is 2.53. The number of nitrogens with zero attached hydrogens (tertiary/aromatic N) is 2. The molecule has 0 radical (unpaired) electrons. The van der Waals surface area contributed by atoms with Gasteiger partial charge < -0.3 is 19.3 Å².